The van der Waals surface area contributed by atoms with E-state index in [2.05, 4.69) is 0 Å². The summed E-state index contributed by atoms with van der Waals surface area (Å²) in [6, 6.07) is 0. The fourth-order valence-electron chi connectivity index (χ4n) is 1.69. The van der Waals surface area contributed by atoms with Crippen LogP contribution in [0, 0.1) is 0 Å². The van der Waals surface area contributed by atoms with E-state index in [0.717, 1.165) is 0 Å². The summed E-state index contributed by atoms with van der Waals surface area (Å²) in [5.74, 6) is 0. The van der Waals surface area contributed by atoms with E-state index in [0.29, 0.717) is 0 Å². The Kier molecular flexibility index (Phi) is 2.72. The molecule has 2 unspecified atom stereocenters. The fraction of sp³-hybridized carbons (Fsp3) is 1.00. The minimum Gasteiger partial charge on any atom is -0.387 e. The van der Waals surface area contributed by atoms with Gasteiger partial charge in [0.15, 0.2) is 18.8 Å². The van der Waals surface area contributed by atoms with Gasteiger partial charge in [-0.05, 0) is 6.92 Å². The van der Waals surface area contributed by atoms with Gasteiger partial charge in [0, 0.05) is 0 Å². The second kappa shape index (κ2) is 3.71. The summed E-state index contributed by atoms with van der Waals surface area (Å²) in [4.78, 5) is 0. The summed E-state index contributed by atoms with van der Waals surface area (Å²) in [6.07, 6.45) is -6.67. The highest BCUT2D eigenvalue weighted by atomic mass is 19.1. The van der Waals surface area contributed by atoms with Gasteiger partial charge in [-0.25, -0.2) is 4.39 Å². The van der Waals surface area contributed by atoms with Crippen molar-refractivity contribution in [2.24, 2.45) is 0 Å². The number of rotatable bonds is 0. The standard InChI is InChI=1S/C8H13FO5/c1-3-12-2-4-7(13-3)6(10)5(9)8(11)14-4/h3-8,10-11H,2H2,1H3/t3?,4-,5-,6-,7-,8?/m1/s1. The number of halogens is 1. The molecule has 6 heteroatoms. The molecule has 82 valence electrons. The number of aliphatic hydroxyl groups excluding tert-OH is 2. The van der Waals surface area contributed by atoms with Crippen LogP contribution < -0.4 is 0 Å². The van der Waals surface area contributed by atoms with E-state index < -0.39 is 37.1 Å². The number of hydrogen-bond donors (Lipinski definition) is 2. The Hall–Kier alpha value is -0.270. The Bertz CT molecular complexity index is 212. The number of aliphatic hydroxyl groups is 2. The lowest BCUT2D eigenvalue weighted by Gasteiger charge is -2.43. The van der Waals surface area contributed by atoms with Gasteiger partial charge in [0.05, 0.1) is 6.61 Å². The Labute approximate surface area is 80.4 Å². The van der Waals surface area contributed by atoms with E-state index in [4.69, 9.17) is 19.3 Å². The molecule has 2 saturated heterocycles. The minimum absolute atomic E-state index is 0.187. The van der Waals surface area contributed by atoms with Gasteiger partial charge < -0.3 is 24.4 Å². The molecule has 14 heavy (non-hydrogen) atoms. The second-order valence-electron chi connectivity index (χ2n) is 3.50. The molecule has 0 aliphatic carbocycles. The first kappa shape index (κ1) is 10.3. The van der Waals surface area contributed by atoms with Gasteiger partial charge in [0.2, 0.25) is 0 Å². The van der Waals surface area contributed by atoms with Crippen LogP contribution in [0.5, 0.6) is 0 Å². The van der Waals surface area contributed by atoms with Crippen LogP contribution in [0.1, 0.15) is 6.92 Å². The molecule has 2 fully saturated rings. The fourth-order valence-corrected chi connectivity index (χ4v) is 1.69. The molecule has 0 amide bonds. The van der Waals surface area contributed by atoms with Crippen molar-refractivity contribution < 1.29 is 28.8 Å². The first-order chi connectivity index (χ1) is 6.59. The molecule has 0 aromatic heterocycles. The third kappa shape index (κ3) is 1.64. The molecule has 2 N–H and O–H groups in total. The smallest absolute Gasteiger partial charge is 0.189 e. The molecule has 0 aromatic rings. The highest BCUT2D eigenvalue weighted by Crippen LogP contribution is 2.28. The first-order valence-corrected chi connectivity index (χ1v) is 4.52. The largest absolute Gasteiger partial charge is 0.387 e. The number of ether oxygens (including phenoxy) is 3. The predicted molar refractivity (Wildman–Crippen MR) is 42.1 cm³/mol. The van der Waals surface area contributed by atoms with Crippen molar-refractivity contribution in [3.05, 3.63) is 0 Å². The summed E-state index contributed by atoms with van der Waals surface area (Å²) >= 11 is 0. The number of fused-ring (bicyclic) bond motifs is 1. The zero-order chi connectivity index (χ0) is 10.3. The molecule has 2 heterocycles. The summed E-state index contributed by atoms with van der Waals surface area (Å²) in [6.45, 7) is 1.84. The summed E-state index contributed by atoms with van der Waals surface area (Å²) in [5, 5.41) is 18.6. The first-order valence-electron chi connectivity index (χ1n) is 4.52. The van der Waals surface area contributed by atoms with E-state index in [1.165, 1.54) is 0 Å². The lowest BCUT2D eigenvalue weighted by atomic mass is 9.99. The van der Waals surface area contributed by atoms with E-state index in [-0.39, 0.29) is 6.61 Å². The molecule has 5 nitrogen and oxygen atoms in total. The van der Waals surface area contributed by atoms with Gasteiger partial charge in [0.1, 0.15) is 18.3 Å². The maximum absolute atomic E-state index is 13.1. The molecule has 6 atom stereocenters. The van der Waals surface area contributed by atoms with Crippen molar-refractivity contribution in [1.82, 2.24) is 0 Å². The van der Waals surface area contributed by atoms with Crippen molar-refractivity contribution in [3.8, 4) is 0 Å². The van der Waals surface area contributed by atoms with Crippen molar-refractivity contribution in [1.29, 1.82) is 0 Å². The van der Waals surface area contributed by atoms with Gasteiger partial charge >= 0.3 is 0 Å². The molecule has 2 aliphatic rings. The van der Waals surface area contributed by atoms with Crippen LogP contribution >= 0.6 is 0 Å². The topological polar surface area (TPSA) is 68.2 Å². The third-order valence-electron chi connectivity index (χ3n) is 2.46. The van der Waals surface area contributed by atoms with Crippen LogP contribution in [0.3, 0.4) is 0 Å². The summed E-state index contributed by atoms with van der Waals surface area (Å²) < 4.78 is 28.3. The SMILES string of the molecule is CC1OC[C@H]2OC(O)[C@H](F)[C@@H](O)[C@@H]2O1. The highest BCUT2D eigenvalue weighted by Gasteiger charge is 2.48. The zero-order valence-corrected chi connectivity index (χ0v) is 7.67. The lowest BCUT2D eigenvalue weighted by molar-refractivity contribution is -0.340. The number of hydrogen-bond acceptors (Lipinski definition) is 5. The van der Waals surface area contributed by atoms with Crippen LogP contribution in [0.15, 0.2) is 0 Å². The minimum atomic E-state index is -1.83. The maximum atomic E-state index is 13.1. The van der Waals surface area contributed by atoms with Gasteiger partial charge in [0.25, 0.3) is 0 Å². The van der Waals surface area contributed by atoms with Crippen LogP contribution in [-0.4, -0.2) is 53.9 Å². The normalized spacial score (nSPS) is 54.0. The molecule has 2 rings (SSSR count). The van der Waals surface area contributed by atoms with Gasteiger partial charge in [-0.3, -0.25) is 0 Å². The monoisotopic (exact) mass is 208 g/mol. The quantitative estimate of drug-likeness (QED) is 0.543. The average molecular weight is 208 g/mol. The van der Waals surface area contributed by atoms with Crippen molar-refractivity contribution in [3.63, 3.8) is 0 Å². The summed E-state index contributed by atoms with van der Waals surface area (Å²) in [7, 11) is 0. The molecule has 0 radical (unpaired) electrons. The van der Waals surface area contributed by atoms with Gasteiger partial charge in [-0.1, -0.05) is 0 Å². The Morgan fingerprint density at radius 1 is 1.29 bits per heavy atom. The van der Waals surface area contributed by atoms with Gasteiger partial charge in [-0.2, -0.15) is 0 Å². The molecular formula is C8H13FO5. The Morgan fingerprint density at radius 2 is 2.00 bits per heavy atom. The average Bonchev–Trinajstić information content (AvgIpc) is 2.16. The maximum Gasteiger partial charge on any atom is 0.189 e. The Balaban J connectivity index is 2.08. The van der Waals surface area contributed by atoms with E-state index in [1.54, 1.807) is 6.92 Å². The molecule has 2 aliphatic heterocycles. The van der Waals surface area contributed by atoms with E-state index in [1.807, 2.05) is 0 Å². The van der Waals surface area contributed by atoms with Crippen molar-refractivity contribution in [2.45, 2.75) is 44.0 Å². The van der Waals surface area contributed by atoms with Crippen LogP contribution in [0.25, 0.3) is 0 Å². The molecule has 0 saturated carbocycles. The van der Waals surface area contributed by atoms with Crippen LogP contribution in [0.4, 0.5) is 4.39 Å². The zero-order valence-electron chi connectivity index (χ0n) is 7.67. The molecule has 0 spiro atoms. The molecule has 0 bridgehead atoms. The molecule has 0 aromatic carbocycles. The van der Waals surface area contributed by atoms with Crippen molar-refractivity contribution in [2.75, 3.05) is 6.61 Å². The predicted octanol–water partition coefficient (Wildman–Crippen LogP) is -0.836. The highest BCUT2D eigenvalue weighted by molar-refractivity contribution is 4.91. The van der Waals surface area contributed by atoms with Crippen LogP contribution in [0.2, 0.25) is 0 Å². The third-order valence-corrected chi connectivity index (χ3v) is 2.46. The molecular weight excluding hydrogens is 195 g/mol. The summed E-state index contributed by atoms with van der Waals surface area (Å²) in [5.41, 5.74) is 0. The van der Waals surface area contributed by atoms with Gasteiger partial charge in [-0.15, -0.1) is 0 Å². The van der Waals surface area contributed by atoms with Crippen molar-refractivity contribution >= 4 is 0 Å². The second-order valence-corrected chi connectivity index (χ2v) is 3.50. The van der Waals surface area contributed by atoms with E-state index in [9.17, 15) is 9.50 Å². The van der Waals surface area contributed by atoms with Crippen LogP contribution in [-0.2, 0) is 14.2 Å². The Morgan fingerprint density at radius 3 is 2.71 bits per heavy atom. The van der Waals surface area contributed by atoms with E-state index >= 15 is 0 Å². The number of alkyl halides is 1. The lowest BCUT2D eigenvalue weighted by Crippen LogP contribution is -2.61.